The van der Waals surface area contributed by atoms with E-state index in [1.54, 1.807) is 0 Å². The van der Waals surface area contributed by atoms with Crippen LogP contribution in [0.3, 0.4) is 0 Å². The average Bonchev–Trinajstić information content (AvgIpc) is 2.03. The van der Waals surface area contributed by atoms with Crippen LogP contribution in [0, 0.1) is 5.92 Å². The molecule has 1 aliphatic rings. The van der Waals surface area contributed by atoms with Crippen LogP contribution in [0.4, 0.5) is 0 Å². The van der Waals surface area contributed by atoms with Crippen LogP contribution >= 0.6 is 0 Å². The number of hydrogen-bond donors (Lipinski definition) is 0. The van der Waals surface area contributed by atoms with Crippen molar-refractivity contribution in [3.05, 3.63) is 12.2 Å². The van der Waals surface area contributed by atoms with Crippen molar-refractivity contribution >= 4 is 6.21 Å². The third kappa shape index (κ3) is 3.21. The summed E-state index contributed by atoms with van der Waals surface area (Å²) in [7, 11) is 3.91. The van der Waals surface area contributed by atoms with Crippen molar-refractivity contribution in [2.24, 2.45) is 11.0 Å². The van der Waals surface area contributed by atoms with Gasteiger partial charge in [0.25, 0.3) is 0 Å². The molecule has 0 saturated heterocycles. The highest BCUT2D eigenvalue weighted by Gasteiger charge is 2.05. The number of allylic oxidation sites excluding steroid dienone is 2. The highest BCUT2D eigenvalue weighted by Crippen LogP contribution is 2.15. The molecule has 1 atom stereocenters. The zero-order chi connectivity index (χ0) is 8.10. The monoisotopic (exact) mass is 152 g/mol. The fourth-order valence-electron chi connectivity index (χ4n) is 1.18. The molecule has 0 spiro atoms. The molecule has 2 nitrogen and oxygen atoms in total. The molecule has 11 heavy (non-hydrogen) atoms. The van der Waals surface area contributed by atoms with E-state index in [2.05, 4.69) is 23.5 Å². The molecule has 0 fully saturated rings. The molecule has 0 unspecified atom stereocenters. The minimum Gasteiger partial charge on any atom is -0.303 e. The van der Waals surface area contributed by atoms with Crippen LogP contribution in [-0.4, -0.2) is 25.3 Å². The van der Waals surface area contributed by atoms with E-state index in [-0.39, 0.29) is 0 Å². The molecular weight excluding hydrogens is 136 g/mol. The standard InChI is InChI=1S/C9H16N2/c1-11(2)10-8-9-6-4-3-5-7-9/h3-4,8-9H,5-7H2,1-2H3/b10-8+/t9-/m1/s1. The van der Waals surface area contributed by atoms with Crippen molar-refractivity contribution < 1.29 is 0 Å². The van der Waals surface area contributed by atoms with Gasteiger partial charge in [0.15, 0.2) is 0 Å². The SMILES string of the molecule is CN(C)/N=C/[C@@H]1CC=CCC1. The van der Waals surface area contributed by atoms with Crippen LogP contribution < -0.4 is 0 Å². The van der Waals surface area contributed by atoms with Gasteiger partial charge in [-0.1, -0.05) is 12.2 Å². The average molecular weight is 152 g/mol. The van der Waals surface area contributed by atoms with Crippen LogP contribution in [0.1, 0.15) is 19.3 Å². The molecule has 0 N–H and O–H groups in total. The van der Waals surface area contributed by atoms with E-state index in [9.17, 15) is 0 Å². The van der Waals surface area contributed by atoms with Crippen LogP contribution in [0.15, 0.2) is 17.3 Å². The summed E-state index contributed by atoms with van der Waals surface area (Å²) >= 11 is 0. The molecule has 0 aromatic carbocycles. The second kappa shape index (κ2) is 4.16. The van der Waals surface area contributed by atoms with Gasteiger partial charge in [-0.15, -0.1) is 0 Å². The summed E-state index contributed by atoms with van der Waals surface area (Å²) in [6.07, 6.45) is 10.2. The quantitative estimate of drug-likeness (QED) is 0.335. The molecule has 2 heteroatoms. The first-order valence-electron chi connectivity index (χ1n) is 4.15. The van der Waals surface area contributed by atoms with Gasteiger partial charge in [-0.3, -0.25) is 0 Å². The third-order valence-electron chi connectivity index (χ3n) is 1.82. The van der Waals surface area contributed by atoms with Crippen LogP contribution in [0.25, 0.3) is 0 Å². The Morgan fingerprint density at radius 3 is 2.82 bits per heavy atom. The number of hydrazone groups is 1. The van der Waals surface area contributed by atoms with Crippen molar-refractivity contribution in [2.75, 3.05) is 14.1 Å². The molecule has 0 heterocycles. The summed E-state index contributed by atoms with van der Waals surface area (Å²) in [5.41, 5.74) is 0. The minimum atomic E-state index is 0.669. The molecule has 0 bridgehead atoms. The van der Waals surface area contributed by atoms with E-state index >= 15 is 0 Å². The minimum absolute atomic E-state index is 0.669. The van der Waals surface area contributed by atoms with E-state index in [1.165, 1.54) is 12.8 Å². The lowest BCUT2D eigenvalue weighted by molar-refractivity contribution is 0.434. The van der Waals surface area contributed by atoms with Crippen molar-refractivity contribution in [3.8, 4) is 0 Å². The van der Waals surface area contributed by atoms with Crippen molar-refractivity contribution in [3.63, 3.8) is 0 Å². The molecule has 0 aromatic rings. The maximum Gasteiger partial charge on any atom is 0.0279 e. The second-order valence-corrected chi connectivity index (χ2v) is 3.16. The zero-order valence-electron chi connectivity index (χ0n) is 7.33. The molecule has 0 aromatic heterocycles. The van der Waals surface area contributed by atoms with Gasteiger partial charge < -0.3 is 5.01 Å². The van der Waals surface area contributed by atoms with Crippen molar-refractivity contribution in [1.82, 2.24) is 5.01 Å². The van der Waals surface area contributed by atoms with Crippen LogP contribution in [0.2, 0.25) is 0 Å². The van der Waals surface area contributed by atoms with Crippen LogP contribution in [-0.2, 0) is 0 Å². The van der Waals surface area contributed by atoms with E-state index in [0.717, 1.165) is 6.42 Å². The highest BCUT2D eigenvalue weighted by atomic mass is 15.4. The first-order chi connectivity index (χ1) is 5.29. The summed E-state index contributed by atoms with van der Waals surface area (Å²) in [5.74, 6) is 0.669. The topological polar surface area (TPSA) is 15.6 Å². The smallest absolute Gasteiger partial charge is 0.0279 e. The Kier molecular flexibility index (Phi) is 3.14. The maximum atomic E-state index is 4.22. The molecule has 0 amide bonds. The first-order valence-corrected chi connectivity index (χ1v) is 4.15. The fourth-order valence-corrected chi connectivity index (χ4v) is 1.18. The Bertz CT molecular complexity index is 159. The third-order valence-corrected chi connectivity index (χ3v) is 1.82. The Labute approximate surface area is 68.6 Å². The Morgan fingerprint density at radius 1 is 1.45 bits per heavy atom. The number of hydrogen-bond acceptors (Lipinski definition) is 2. The molecule has 0 aliphatic heterocycles. The number of rotatable bonds is 2. The maximum absolute atomic E-state index is 4.22. The molecular formula is C9H16N2. The van der Waals surface area contributed by atoms with E-state index in [4.69, 9.17) is 0 Å². The predicted octanol–water partition coefficient (Wildman–Crippen LogP) is 1.89. The largest absolute Gasteiger partial charge is 0.303 e. The van der Waals surface area contributed by atoms with E-state index in [0.29, 0.717) is 5.92 Å². The van der Waals surface area contributed by atoms with Gasteiger partial charge >= 0.3 is 0 Å². The Morgan fingerprint density at radius 2 is 2.27 bits per heavy atom. The second-order valence-electron chi connectivity index (χ2n) is 3.16. The number of nitrogens with zero attached hydrogens (tertiary/aromatic N) is 2. The molecule has 1 aliphatic carbocycles. The summed E-state index contributed by atoms with van der Waals surface area (Å²) < 4.78 is 0. The van der Waals surface area contributed by atoms with Crippen molar-refractivity contribution in [1.29, 1.82) is 0 Å². The van der Waals surface area contributed by atoms with Gasteiger partial charge in [0.1, 0.15) is 0 Å². The van der Waals surface area contributed by atoms with Crippen LogP contribution in [0.5, 0.6) is 0 Å². The molecule has 1 rings (SSSR count). The van der Waals surface area contributed by atoms with E-state index < -0.39 is 0 Å². The Balaban J connectivity index is 2.31. The summed E-state index contributed by atoms with van der Waals surface area (Å²) in [6, 6.07) is 0. The van der Waals surface area contributed by atoms with Gasteiger partial charge in [-0.25, -0.2) is 0 Å². The molecule has 0 saturated carbocycles. The van der Waals surface area contributed by atoms with Gasteiger partial charge in [0.2, 0.25) is 0 Å². The van der Waals surface area contributed by atoms with Crippen molar-refractivity contribution in [2.45, 2.75) is 19.3 Å². The lowest BCUT2D eigenvalue weighted by Gasteiger charge is -2.13. The summed E-state index contributed by atoms with van der Waals surface area (Å²) in [4.78, 5) is 0. The lowest BCUT2D eigenvalue weighted by atomic mass is 9.96. The van der Waals surface area contributed by atoms with Gasteiger partial charge in [-0.05, 0) is 25.2 Å². The first kappa shape index (κ1) is 8.31. The van der Waals surface area contributed by atoms with Gasteiger partial charge in [0, 0.05) is 20.3 Å². The van der Waals surface area contributed by atoms with Gasteiger partial charge in [0.05, 0.1) is 0 Å². The summed E-state index contributed by atoms with van der Waals surface area (Å²) in [5, 5.41) is 6.07. The van der Waals surface area contributed by atoms with E-state index in [1.807, 2.05) is 19.1 Å². The zero-order valence-corrected chi connectivity index (χ0v) is 7.33. The predicted molar refractivity (Wildman–Crippen MR) is 48.7 cm³/mol. The fraction of sp³-hybridized carbons (Fsp3) is 0.667. The van der Waals surface area contributed by atoms with Gasteiger partial charge in [-0.2, -0.15) is 5.10 Å². The lowest BCUT2D eigenvalue weighted by Crippen LogP contribution is -2.08. The normalized spacial score (nSPS) is 24.4. The highest BCUT2D eigenvalue weighted by molar-refractivity contribution is 5.60. The summed E-state index contributed by atoms with van der Waals surface area (Å²) in [6.45, 7) is 0. The molecule has 0 radical (unpaired) electrons. The Hall–Kier alpha value is -0.790. The molecule has 62 valence electrons.